The van der Waals surface area contributed by atoms with Crippen molar-refractivity contribution in [1.82, 2.24) is 0 Å². The fourth-order valence-electron chi connectivity index (χ4n) is 2.47. The number of aliphatic hydroxyl groups excluding tert-OH is 1. The van der Waals surface area contributed by atoms with Crippen LogP contribution < -0.4 is 9.47 Å². The zero-order valence-corrected chi connectivity index (χ0v) is 11.4. The number of benzene rings is 1. The van der Waals surface area contributed by atoms with Gasteiger partial charge in [0.2, 0.25) is 0 Å². The van der Waals surface area contributed by atoms with Crippen molar-refractivity contribution in [1.29, 1.82) is 0 Å². The Kier molecular flexibility index (Phi) is 3.65. The van der Waals surface area contributed by atoms with E-state index >= 15 is 0 Å². The van der Waals surface area contributed by atoms with Gasteiger partial charge in [0.05, 0.1) is 13.2 Å². The highest BCUT2D eigenvalue weighted by atomic mass is 16.7. The molecule has 1 N–H and O–H groups in total. The van der Waals surface area contributed by atoms with Crippen LogP contribution in [0.4, 0.5) is 0 Å². The maximum Gasteiger partial charge on any atom is 0.178 e. The van der Waals surface area contributed by atoms with E-state index in [1.807, 2.05) is 36.4 Å². The molecule has 2 heterocycles. The number of fused-ring (bicyclic) bond motifs is 2. The molecular weight excluding hydrogens is 260 g/mol. The van der Waals surface area contributed by atoms with Crippen molar-refractivity contribution in [2.24, 2.45) is 0 Å². The summed E-state index contributed by atoms with van der Waals surface area (Å²) >= 11 is 0. The van der Waals surface area contributed by atoms with Crippen LogP contribution in [0.15, 0.2) is 36.4 Å². The molecule has 2 aliphatic rings. The molecule has 0 spiro atoms. The van der Waals surface area contributed by atoms with Gasteiger partial charge >= 0.3 is 0 Å². The van der Waals surface area contributed by atoms with E-state index in [4.69, 9.17) is 18.9 Å². The first-order valence-electron chi connectivity index (χ1n) is 6.65. The quantitative estimate of drug-likeness (QED) is 0.846. The van der Waals surface area contributed by atoms with Gasteiger partial charge in [-0.15, -0.1) is 0 Å². The van der Waals surface area contributed by atoms with Crippen LogP contribution in [-0.2, 0) is 9.47 Å². The zero-order chi connectivity index (χ0) is 14.1. The minimum Gasteiger partial charge on any atom is -0.497 e. The molecule has 2 bridgehead atoms. The highest BCUT2D eigenvalue weighted by Gasteiger charge is 2.45. The number of rotatable bonds is 4. The molecule has 0 amide bonds. The van der Waals surface area contributed by atoms with Gasteiger partial charge in [0.15, 0.2) is 6.29 Å². The maximum atomic E-state index is 9.75. The van der Waals surface area contributed by atoms with Crippen LogP contribution in [0, 0.1) is 0 Å². The van der Waals surface area contributed by atoms with Crippen molar-refractivity contribution < 1.29 is 24.1 Å². The van der Waals surface area contributed by atoms with Crippen LogP contribution in [0.5, 0.6) is 11.5 Å². The van der Waals surface area contributed by atoms with Crippen molar-refractivity contribution >= 4 is 0 Å². The summed E-state index contributed by atoms with van der Waals surface area (Å²) in [7, 11) is 1.62. The Morgan fingerprint density at radius 3 is 2.45 bits per heavy atom. The maximum absolute atomic E-state index is 9.75. The van der Waals surface area contributed by atoms with E-state index in [9.17, 15) is 5.11 Å². The fourth-order valence-corrected chi connectivity index (χ4v) is 2.47. The molecule has 0 aliphatic carbocycles. The van der Waals surface area contributed by atoms with Gasteiger partial charge in [-0.1, -0.05) is 0 Å². The standard InChI is InChI=1S/C15H18O5/c1-9(16)14-15-12(7-8-13(19-14)20-15)18-11-5-3-10(17-2)4-6-11/h3-9,12-16H,1-2H3/t9-,12+,13-,14+,15+/m0/s1. The van der Waals surface area contributed by atoms with Crippen LogP contribution in [0.1, 0.15) is 6.92 Å². The lowest BCUT2D eigenvalue weighted by molar-refractivity contribution is -0.0555. The van der Waals surface area contributed by atoms with Gasteiger partial charge in [0.25, 0.3) is 0 Å². The van der Waals surface area contributed by atoms with Gasteiger partial charge in [0, 0.05) is 0 Å². The van der Waals surface area contributed by atoms with Crippen molar-refractivity contribution in [3.63, 3.8) is 0 Å². The van der Waals surface area contributed by atoms with Crippen LogP contribution in [-0.4, -0.2) is 42.9 Å². The molecule has 0 unspecified atom stereocenters. The summed E-state index contributed by atoms with van der Waals surface area (Å²) in [5, 5.41) is 9.75. The van der Waals surface area contributed by atoms with Gasteiger partial charge in [-0.05, 0) is 43.3 Å². The minimum absolute atomic E-state index is 0.276. The second kappa shape index (κ2) is 5.44. The summed E-state index contributed by atoms with van der Waals surface area (Å²) in [5.74, 6) is 1.50. The molecule has 1 fully saturated rings. The van der Waals surface area contributed by atoms with Gasteiger partial charge < -0.3 is 24.1 Å². The SMILES string of the molecule is COc1ccc(O[C@@H]2C=C[C@H]3O[C@H]([C@H](C)O)[C@@H]2O3)cc1. The van der Waals surface area contributed by atoms with Crippen LogP contribution in [0.25, 0.3) is 0 Å². The molecule has 2 aliphatic heterocycles. The summed E-state index contributed by atoms with van der Waals surface area (Å²) < 4.78 is 22.3. The first-order valence-corrected chi connectivity index (χ1v) is 6.65. The molecule has 5 heteroatoms. The van der Waals surface area contributed by atoms with E-state index in [1.165, 1.54) is 0 Å². The Morgan fingerprint density at radius 1 is 1.10 bits per heavy atom. The van der Waals surface area contributed by atoms with E-state index in [-0.39, 0.29) is 24.6 Å². The number of hydrogen-bond donors (Lipinski definition) is 1. The van der Waals surface area contributed by atoms with Crippen LogP contribution in [0.3, 0.4) is 0 Å². The molecule has 0 saturated carbocycles. The average Bonchev–Trinajstić information content (AvgIpc) is 2.81. The number of ether oxygens (including phenoxy) is 4. The van der Waals surface area contributed by atoms with E-state index in [1.54, 1.807) is 14.0 Å². The van der Waals surface area contributed by atoms with Gasteiger partial charge in [-0.2, -0.15) is 0 Å². The van der Waals surface area contributed by atoms with E-state index in [0.29, 0.717) is 0 Å². The number of aliphatic hydroxyl groups is 1. The Bertz CT molecular complexity index is 482. The summed E-state index contributed by atoms with van der Waals surface area (Å²) in [6.45, 7) is 1.69. The lowest BCUT2D eigenvalue weighted by Gasteiger charge is -2.27. The highest BCUT2D eigenvalue weighted by Crippen LogP contribution is 2.32. The lowest BCUT2D eigenvalue weighted by Crippen LogP contribution is -2.43. The molecular formula is C15H18O5. The number of hydrogen-bond acceptors (Lipinski definition) is 5. The Morgan fingerprint density at radius 2 is 1.80 bits per heavy atom. The van der Waals surface area contributed by atoms with Gasteiger partial charge in [-0.3, -0.25) is 0 Å². The number of methoxy groups -OCH3 is 1. The van der Waals surface area contributed by atoms with Gasteiger partial charge in [-0.25, -0.2) is 0 Å². The van der Waals surface area contributed by atoms with E-state index in [2.05, 4.69) is 0 Å². The third-order valence-corrected chi connectivity index (χ3v) is 3.50. The first-order chi connectivity index (χ1) is 9.67. The average molecular weight is 278 g/mol. The molecule has 20 heavy (non-hydrogen) atoms. The normalized spacial score (nSPS) is 33.0. The molecule has 5 nitrogen and oxygen atoms in total. The molecule has 5 atom stereocenters. The summed E-state index contributed by atoms with van der Waals surface area (Å²) in [6.07, 6.45) is 1.80. The summed E-state index contributed by atoms with van der Waals surface area (Å²) in [4.78, 5) is 0. The monoisotopic (exact) mass is 278 g/mol. The Hall–Kier alpha value is -1.56. The Balaban J connectivity index is 1.73. The molecule has 0 radical (unpaired) electrons. The van der Waals surface area contributed by atoms with Crippen LogP contribution >= 0.6 is 0 Å². The predicted octanol–water partition coefficient (Wildman–Crippen LogP) is 1.50. The second-order valence-corrected chi connectivity index (χ2v) is 4.95. The topological polar surface area (TPSA) is 57.2 Å². The smallest absolute Gasteiger partial charge is 0.178 e. The summed E-state index contributed by atoms with van der Waals surface area (Å²) in [5.41, 5.74) is 0. The highest BCUT2D eigenvalue weighted by molar-refractivity contribution is 5.31. The van der Waals surface area contributed by atoms with Crippen molar-refractivity contribution in [3.05, 3.63) is 36.4 Å². The minimum atomic E-state index is -0.605. The second-order valence-electron chi connectivity index (χ2n) is 4.95. The Labute approximate surface area is 117 Å². The lowest BCUT2D eigenvalue weighted by atomic mass is 10.0. The molecule has 1 aromatic carbocycles. The molecule has 1 aromatic rings. The van der Waals surface area contributed by atoms with Crippen molar-refractivity contribution in [2.45, 2.75) is 37.6 Å². The largest absolute Gasteiger partial charge is 0.497 e. The van der Waals surface area contributed by atoms with Crippen molar-refractivity contribution in [3.8, 4) is 11.5 Å². The molecule has 108 valence electrons. The summed E-state index contributed by atoms with van der Waals surface area (Å²) in [6, 6.07) is 7.35. The van der Waals surface area contributed by atoms with Crippen molar-refractivity contribution in [2.75, 3.05) is 7.11 Å². The van der Waals surface area contributed by atoms with E-state index in [0.717, 1.165) is 11.5 Å². The molecule has 1 saturated heterocycles. The van der Waals surface area contributed by atoms with Gasteiger partial charge in [0.1, 0.15) is 29.8 Å². The van der Waals surface area contributed by atoms with Crippen LogP contribution in [0.2, 0.25) is 0 Å². The fraction of sp³-hybridized carbons (Fsp3) is 0.467. The van der Waals surface area contributed by atoms with E-state index < -0.39 is 6.10 Å². The first kappa shape index (κ1) is 13.4. The molecule has 0 aromatic heterocycles. The molecule has 3 rings (SSSR count). The zero-order valence-electron chi connectivity index (χ0n) is 11.4. The third kappa shape index (κ3) is 2.52. The third-order valence-electron chi connectivity index (χ3n) is 3.50. The predicted molar refractivity (Wildman–Crippen MR) is 71.8 cm³/mol.